The maximum atomic E-state index is 14.9. The van der Waals surface area contributed by atoms with Crippen LogP contribution in [0.4, 0.5) is 5.69 Å². The van der Waals surface area contributed by atoms with Crippen molar-refractivity contribution >= 4 is 17.5 Å². The van der Waals surface area contributed by atoms with Crippen molar-refractivity contribution in [1.29, 1.82) is 0 Å². The Morgan fingerprint density at radius 2 is 1.56 bits per heavy atom. The number of aliphatic hydroxyl groups is 1. The number of methoxy groups -OCH3 is 2. The summed E-state index contributed by atoms with van der Waals surface area (Å²) in [5.41, 5.74) is 13.0. The summed E-state index contributed by atoms with van der Waals surface area (Å²) in [5.74, 6) is 1.55. The normalized spacial score (nSPS) is 16.2. The van der Waals surface area contributed by atoms with Crippen molar-refractivity contribution in [2.75, 3.05) is 27.4 Å². The lowest BCUT2D eigenvalue weighted by atomic mass is 9.81. The molecule has 1 amide bonds. The molecule has 0 aromatic heterocycles. The summed E-state index contributed by atoms with van der Waals surface area (Å²) < 4.78 is 23.6. The minimum atomic E-state index is -1.55. The predicted molar refractivity (Wildman–Crippen MR) is 199 cm³/mol. The number of aliphatic hydroxyl groups excluding tert-OH is 1. The zero-order valence-corrected chi connectivity index (χ0v) is 28.9. The van der Waals surface area contributed by atoms with E-state index in [1.54, 1.807) is 44.6 Å². The van der Waals surface area contributed by atoms with Gasteiger partial charge < -0.3 is 29.4 Å². The summed E-state index contributed by atoms with van der Waals surface area (Å²) >= 11 is 0. The molecule has 11 nitrogen and oxygen atoms in total. The topological polar surface area (TPSA) is 147 Å². The number of nitrogens with one attached hydrogen (secondary N) is 1. The number of carbonyl (C=O) groups is 1. The van der Waals surface area contributed by atoms with Gasteiger partial charge in [0.25, 0.3) is 5.91 Å². The van der Waals surface area contributed by atoms with Gasteiger partial charge in [-0.25, -0.2) is 4.99 Å². The Hall–Kier alpha value is -6.29. The van der Waals surface area contributed by atoms with Crippen molar-refractivity contribution in [3.63, 3.8) is 0 Å². The quantitative estimate of drug-likeness (QED) is 0.0492. The number of para-hydroxylation sites is 1. The van der Waals surface area contributed by atoms with Crippen LogP contribution >= 0.6 is 0 Å². The third kappa shape index (κ3) is 7.71. The van der Waals surface area contributed by atoms with Crippen LogP contribution in [0, 0.1) is 0 Å². The van der Waals surface area contributed by atoms with Gasteiger partial charge in [-0.2, -0.15) is 0 Å². The standard InChI is InChI=1S/C41H39N5O6/c1-49-36-15-8-13-33(37(36)50-2)27-43-40(48)41(26-32-12-6-7-14-35(32)45-46-42)38(30-18-16-29(17-19-30)28-10-4-3-5-11-28)52-39(44-41)31-20-22-34(23-21-31)51-25-9-24-47/h3-8,10-23,38,47H,9,24-27H2,1-2H3,(H,43,48)/t38-,41-/m1/s1. The molecule has 2 N–H and O–H groups in total. The minimum absolute atomic E-state index is 0.0357. The SMILES string of the molecule is COc1cccc(CNC(=O)[C@]2(Cc3ccccc3N=[N+]=[N-])N=C(c3ccc(OCCCO)cc3)O[C@@H]2c2ccc(-c3ccccc3)cc2)c1OC. The summed E-state index contributed by atoms with van der Waals surface area (Å²) in [6, 6.07) is 37.8. The fourth-order valence-electron chi connectivity index (χ4n) is 6.28. The van der Waals surface area contributed by atoms with E-state index in [9.17, 15) is 10.3 Å². The van der Waals surface area contributed by atoms with E-state index in [1.807, 2.05) is 91.0 Å². The van der Waals surface area contributed by atoms with Gasteiger partial charge in [-0.1, -0.05) is 96.1 Å². The smallest absolute Gasteiger partial charge is 0.252 e. The zero-order chi connectivity index (χ0) is 36.3. The van der Waals surface area contributed by atoms with E-state index in [2.05, 4.69) is 15.3 Å². The number of amides is 1. The summed E-state index contributed by atoms with van der Waals surface area (Å²) in [6.07, 6.45) is -0.307. The van der Waals surface area contributed by atoms with Gasteiger partial charge in [0.1, 0.15) is 5.75 Å². The lowest BCUT2D eigenvalue weighted by Gasteiger charge is -2.31. The van der Waals surface area contributed by atoms with Crippen molar-refractivity contribution in [3.05, 3.63) is 154 Å². The molecule has 0 saturated heterocycles. The van der Waals surface area contributed by atoms with Crippen LogP contribution in [0.15, 0.2) is 131 Å². The maximum Gasteiger partial charge on any atom is 0.252 e. The van der Waals surface area contributed by atoms with Gasteiger partial charge in [-0.15, -0.1) is 0 Å². The Labute approximate surface area is 302 Å². The van der Waals surface area contributed by atoms with Gasteiger partial charge in [0.15, 0.2) is 23.1 Å². The average molecular weight is 698 g/mol. The number of benzene rings is 5. The van der Waals surface area contributed by atoms with Gasteiger partial charge in [-0.3, -0.25) is 4.79 Å². The van der Waals surface area contributed by atoms with Gasteiger partial charge in [-0.05, 0) is 58.1 Å². The molecule has 0 radical (unpaired) electrons. The molecule has 2 atom stereocenters. The molecule has 5 aromatic rings. The number of ether oxygens (including phenoxy) is 4. The second-order valence-electron chi connectivity index (χ2n) is 12.1. The molecule has 0 saturated carbocycles. The first-order valence-corrected chi connectivity index (χ1v) is 16.9. The highest BCUT2D eigenvalue weighted by Crippen LogP contribution is 2.44. The first-order valence-electron chi connectivity index (χ1n) is 16.9. The lowest BCUT2D eigenvalue weighted by molar-refractivity contribution is -0.129. The van der Waals surface area contributed by atoms with E-state index in [0.717, 1.165) is 16.7 Å². The highest BCUT2D eigenvalue weighted by atomic mass is 16.5. The monoisotopic (exact) mass is 697 g/mol. The molecule has 0 fully saturated rings. The highest BCUT2D eigenvalue weighted by Gasteiger charge is 2.53. The van der Waals surface area contributed by atoms with Crippen LogP contribution in [0.3, 0.4) is 0 Å². The molecule has 1 aliphatic heterocycles. The lowest BCUT2D eigenvalue weighted by Crippen LogP contribution is -2.49. The molecule has 0 bridgehead atoms. The Kier molecular flexibility index (Phi) is 11.4. The Balaban J connectivity index is 1.45. The molecule has 6 rings (SSSR count). The first-order chi connectivity index (χ1) is 25.5. The number of rotatable bonds is 15. The first kappa shape index (κ1) is 35.5. The van der Waals surface area contributed by atoms with Crippen LogP contribution in [0.2, 0.25) is 0 Å². The van der Waals surface area contributed by atoms with Crippen LogP contribution in [-0.2, 0) is 22.5 Å². The number of hydrogen-bond acceptors (Lipinski definition) is 8. The van der Waals surface area contributed by atoms with E-state index in [4.69, 9.17) is 29.0 Å². The highest BCUT2D eigenvalue weighted by molar-refractivity contribution is 6.01. The van der Waals surface area contributed by atoms with E-state index >= 15 is 0 Å². The van der Waals surface area contributed by atoms with Crippen molar-refractivity contribution in [2.45, 2.75) is 31.0 Å². The van der Waals surface area contributed by atoms with Gasteiger partial charge in [0, 0.05) is 47.7 Å². The predicted octanol–water partition coefficient (Wildman–Crippen LogP) is 7.89. The van der Waals surface area contributed by atoms with E-state index < -0.39 is 17.6 Å². The van der Waals surface area contributed by atoms with Crippen LogP contribution in [-0.4, -0.2) is 49.9 Å². The molecule has 52 heavy (non-hydrogen) atoms. The van der Waals surface area contributed by atoms with Crippen LogP contribution in [0.1, 0.15) is 34.8 Å². The second-order valence-corrected chi connectivity index (χ2v) is 12.1. The number of aliphatic imine (C=N–C) groups is 1. The van der Waals surface area contributed by atoms with Gasteiger partial charge in [0.2, 0.25) is 5.90 Å². The third-order valence-electron chi connectivity index (χ3n) is 8.88. The molecule has 0 unspecified atom stereocenters. The van der Waals surface area contributed by atoms with Crippen molar-refractivity contribution in [3.8, 4) is 28.4 Å². The maximum absolute atomic E-state index is 14.9. The van der Waals surface area contributed by atoms with E-state index in [-0.39, 0.29) is 25.5 Å². The van der Waals surface area contributed by atoms with Crippen LogP contribution in [0.25, 0.3) is 21.6 Å². The number of nitrogens with zero attached hydrogens (tertiary/aromatic N) is 4. The van der Waals surface area contributed by atoms with E-state index in [1.165, 1.54) is 0 Å². The fraction of sp³-hybridized carbons (Fsp3) is 0.220. The average Bonchev–Trinajstić information content (AvgIpc) is 3.58. The minimum Gasteiger partial charge on any atom is -0.494 e. The van der Waals surface area contributed by atoms with Crippen molar-refractivity contribution in [2.24, 2.45) is 10.1 Å². The van der Waals surface area contributed by atoms with Crippen molar-refractivity contribution < 1.29 is 28.8 Å². The third-order valence-corrected chi connectivity index (χ3v) is 8.88. The van der Waals surface area contributed by atoms with Crippen molar-refractivity contribution in [1.82, 2.24) is 5.32 Å². The van der Waals surface area contributed by atoms with Crippen LogP contribution in [0.5, 0.6) is 17.2 Å². The largest absolute Gasteiger partial charge is 0.494 e. The molecule has 0 aliphatic carbocycles. The summed E-state index contributed by atoms with van der Waals surface area (Å²) in [7, 11) is 3.11. The number of carbonyl (C=O) groups excluding carboxylic acids is 1. The molecular formula is C41H39N5O6. The molecular weight excluding hydrogens is 658 g/mol. The van der Waals surface area contributed by atoms with E-state index in [0.29, 0.717) is 52.7 Å². The molecule has 11 heteroatoms. The molecule has 5 aromatic carbocycles. The molecule has 1 aliphatic rings. The number of hydrogen-bond donors (Lipinski definition) is 2. The fourth-order valence-corrected chi connectivity index (χ4v) is 6.28. The summed E-state index contributed by atoms with van der Waals surface area (Å²) in [6.45, 7) is 0.525. The second kappa shape index (κ2) is 16.6. The molecule has 1 heterocycles. The molecule has 0 spiro atoms. The Morgan fingerprint density at radius 3 is 2.27 bits per heavy atom. The number of azide groups is 1. The summed E-state index contributed by atoms with van der Waals surface area (Å²) in [4.78, 5) is 23.1. The van der Waals surface area contributed by atoms with Gasteiger partial charge in [0.05, 0.1) is 20.8 Å². The zero-order valence-electron chi connectivity index (χ0n) is 28.9. The Bertz CT molecular complexity index is 2060. The summed E-state index contributed by atoms with van der Waals surface area (Å²) in [5, 5.41) is 16.2. The Morgan fingerprint density at radius 1 is 0.865 bits per heavy atom. The molecule has 264 valence electrons. The van der Waals surface area contributed by atoms with Gasteiger partial charge >= 0.3 is 0 Å². The van der Waals surface area contributed by atoms with Crippen LogP contribution < -0.4 is 19.5 Å².